The van der Waals surface area contributed by atoms with Gasteiger partial charge in [0.15, 0.2) is 4.34 Å². The lowest BCUT2D eigenvalue weighted by atomic mass is 10.3. The second kappa shape index (κ2) is 6.72. The first-order chi connectivity index (χ1) is 11.0. The van der Waals surface area contributed by atoms with Crippen LogP contribution in [0.15, 0.2) is 33.0 Å². The molecular weight excluding hydrogens is 330 g/mol. The molecule has 0 aliphatic heterocycles. The van der Waals surface area contributed by atoms with Gasteiger partial charge in [0, 0.05) is 0 Å². The van der Waals surface area contributed by atoms with Crippen molar-refractivity contribution in [1.82, 2.24) is 15.3 Å². The number of carbonyl (C=O) groups is 1. The van der Waals surface area contributed by atoms with Crippen molar-refractivity contribution in [2.75, 3.05) is 0 Å². The molecule has 7 heteroatoms. The predicted molar refractivity (Wildman–Crippen MR) is 92.8 cm³/mol. The van der Waals surface area contributed by atoms with E-state index in [0.29, 0.717) is 12.4 Å². The van der Waals surface area contributed by atoms with Crippen LogP contribution < -0.4 is 5.32 Å². The van der Waals surface area contributed by atoms with Crippen LogP contribution in [0.2, 0.25) is 0 Å². The molecule has 1 aromatic carbocycles. The molecule has 0 bridgehead atoms. The van der Waals surface area contributed by atoms with Crippen molar-refractivity contribution in [3.63, 3.8) is 0 Å². The quantitative estimate of drug-likeness (QED) is 0.713. The molecule has 120 valence electrons. The number of benzene rings is 1. The normalized spacial score (nSPS) is 12.5. The largest absolute Gasteiger partial charge is 0.444 e. The van der Waals surface area contributed by atoms with Crippen LogP contribution in [0.25, 0.3) is 10.2 Å². The number of amides is 1. The number of hydrogen-bond acceptors (Lipinski definition) is 6. The Morgan fingerprint density at radius 1 is 1.35 bits per heavy atom. The van der Waals surface area contributed by atoms with Crippen molar-refractivity contribution in [1.29, 1.82) is 0 Å². The molecule has 23 heavy (non-hydrogen) atoms. The zero-order chi connectivity index (χ0) is 16.4. The van der Waals surface area contributed by atoms with E-state index >= 15 is 0 Å². The fraction of sp³-hybridized carbons (Fsp3) is 0.312. The van der Waals surface area contributed by atoms with Gasteiger partial charge < -0.3 is 9.73 Å². The minimum atomic E-state index is -0.229. The van der Waals surface area contributed by atoms with Gasteiger partial charge in [-0.1, -0.05) is 23.9 Å². The van der Waals surface area contributed by atoms with E-state index in [9.17, 15) is 4.79 Å². The smallest absolute Gasteiger partial charge is 0.233 e. The van der Waals surface area contributed by atoms with Crippen LogP contribution in [0.4, 0.5) is 0 Å². The molecule has 1 N–H and O–H groups in total. The summed E-state index contributed by atoms with van der Waals surface area (Å²) in [5.41, 5.74) is 1.82. The van der Waals surface area contributed by atoms with Crippen molar-refractivity contribution >= 4 is 39.2 Å². The summed E-state index contributed by atoms with van der Waals surface area (Å²) in [4.78, 5) is 21.0. The van der Waals surface area contributed by atoms with Crippen molar-refractivity contribution < 1.29 is 9.21 Å². The third-order valence-electron chi connectivity index (χ3n) is 3.41. The van der Waals surface area contributed by atoms with Crippen LogP contribution in [0, 0.1) is 13.8 Å². The maximum atomic E-state index is 12.2. The van der Waals surface area contributed by atoms with Gasteiger partial charge in [0.2, 0.25) is 11.8 Å². The number of nitrogens with zero attached hydrogens (tertiary/aromatic N) is 2. The first-order valence-electron chi connectivity index (χ1n) is 7.26. The summed E-state index contributed by atoms with van der Waals surface area (Å²) in [7, 11) is 0. The van der Waals surface area contributed by atoms with E-state index < -0.39 is 0 Å². The van der Waals surface area contributed by atoms with E-state index in [0.717, 1.165) is 26.0 Å². The zero-order valence-electron chi connectivity index (χ0n) is 13.1. The van der Waals surface area contributed by atoms with Gasteiger partial charge in [-0.2, -0.15) is 0 Å². The van der Waals surface area contributed by atoms with Crippen molar-refractivity contribution in [2.24, 2.45) is 0 Å². The molecule has 1 amide bonds. The third kappa shape index (κ3) is 3.73. The summed E-state index contributed by atoms with van der Waals surface area (Å²) >= 11 is 3.07. The highest BCUT2D eigenvalue weighted by atomic mass is 32.2. The van der Waals surface area contributed by atoms with Crippen LogP contribution in [0.5, 0.6) is 0 Å². The number of para-hydroxylation sites is 1. The third-order valence-corrected chi connectivity index (χ3v) is 5.64. The number of hydrogen-bond donors (Lipinski definition) is 1. The van der Waals surface area contributed by atoms with Crippen LogP contribution in [-0.4, -0.2) is 21.1 Å². The Bertz CT molecular complexity index is 788. The van der Waals surface area contributed by atoms with E-state index in [2.05, 4.69) is 15.3 Å². The Balaban J connectivity index is 1.58. The Morgan fingerprint density at radius 3 is 2.83 bits per heavy atom. The average Bonchev–Trinajstić information content (AvgIpc) is 3.07. The monoisotopic (exact) mass is 347 g/mol. The number of aromatic nitrogens is 2. The highest BCUT2D eigenvalue weighted by Gasteiger charge is 2.17. The average molecular weight is 347 g/mol. The van der Waals surface area contributed by atoms with E-state index in [1.807, 2.05) is 45.0 Å². The standard InChI is InChI=1S/C16H17N3O2S2/c1-9-10(2)21-14(18-9)8-17-15(20)11(3)22-16-19-12-6-4-5-7-13(12)23-16/h4-7,11H,8H2,1-3H3,(H,17,20)/t11-/m1/s1. The fourth-order valence-electron chi connectivity index (χ4n) is 2.03. The summed E-state index contributed by atoms with van der Waals surface area (Å²) in [5, 5.41) is 2.63. The molecule has 0 saturated carbocycles. The molecule has 2 heterocycles. The van der Waals surface area contributed by atoms with Crippen LogP contribution in [0.3, 0.4) is 0 Å². The van der Waals surface area contributed by atoms with E-state index in [-0.39, 0.29) is 11.2 Å². The minimum Gasteiger partial charge on any atom is -0.444 e. The second-order valence-corrected chi connectivity index (χ2v) is 7.79. The molecule has 0 spiro atoms. The highest BCUT2D eigenvalue weighted by Crippen LogP contribution is 2.31. The van der Waals surface area contributed by atoms with Crippen molar-refractivity contribution in [3.8, 4) is 0 Å². The Morgan fingerprint density at radius 2 is 2.13 bits per heavy atom. The number of carbonyl (C=O) groups excluding carboxylic acids is 1. The maximum Gasteiger partial charge on any atom is 0.233 e. The number of thiazole rings is 1. The van der Waals surface area contributed by atoms with Crippen LogP contribution in [0.1, 0.15) is 24.3 Å². The predicted octanol–water partition coefficient (Wildman–Crippen LogP) is 3.70. The van der Waals surface area contributed by atoms with E-state index in [1.165, 1.54) is 11.8 Å². The Hall–Kier alpha value is -1.86. The molecule has 0 unspecified atom stereocenters. The molecule has 5 nitrogen and oxygen atoms in total. The van der Waals surface area contributed by atoms with Crippen molar-refractivity contribution in [2.45, 2.75) is 36.9 Å². The minimum absolute atomic E-state index is 0.0530. The summed E-state index contributed by atoms with van der Waals surface area (Å²) in [6, 6.07) is 7.97. The van der Waals surface area contributed by atoms with Gasteiger partial charge >= 0.3 is 0 Å². The summed E-state index contributed by atoms with van der Waals surface area (Å²) in [6.07, 6.45) is 0. The molecule has 2 aromatic heterocycles. The van der Waals surface area contributed by atoms with Crippen LogP contribution in [-0.2, 0) is 11.3 Å². The topological polar surface area (TPSA) is 68.0 Å². The van der Waals surface area contributed by atoms with Gasteiger partial charge in [-0.15, -0.1) is 11.3 Å². The van der Waals surface area contributed by atoms with E-state index in [4.69, 9.17) is 4.42 Å². The number of fused-ring (bicyclic) bond motifs is 1. The number of nitrogens with one attached hydrogen (secondary N) is 1. The van der Waals surface area contributed by atoms with Gasteiger partial charge in [0.05, 0.1) is 27.7 Å². The molecule has 0 fully saturated rings. The second-order valence-electron chi connectivity index (χ2n) is 5.17. The summed E-state index contributed by atoms with van der Waals surface area (Å²) < 4.78 is 7.49. The van der Waals surface area contributed by atoms with Gasteiger partial charge in [0.25, 0.3) is 0 Å². The maximum absolute atomic E-state index is 12.2. The SMILES string of the molecule is Cc1nc(CNC(=O)[C@@H](C)Sc2nc3ccccc3s2)oc1C. The van der Waals surface area contributed by atoms with Gasteiger partial charge in [-0.25, -0.2) is 9.97 Å². The summed E-state index contributed by atoms with van der Waals surface area (Å²) in [6.45, 7) is 5.92. The molecule has 0 aliphatic carbocycles. The molecule has 0 radical (unpaired) electrons. The molecule has 0 aliphatic rings. The lowest BCUT2D eigenvalue weighted by Crippen LogP contribution is -2.30. The first-order valence-corrected chi connectivity index (χ1v) is 8.95. The molecular formula is C16H17N3O2S2. The Kier molecular flexibility index (Phi) is 4.68. The molecule has 1 atom stereocenters. The van der Waals surface area contributed by atoms with E-state index in [1.54, 1.807) is 11.3 Å². The number of oxazole rings is 1. The number of aryl methyl sites for hydroxylation is 2. The van der Waals surface area contributed by atoms with Crippen molar-refractivity contribution in [3.05, 3.63) is 41.6 Å². The number of rotatable bonds is 5. The molecule has 0 saturated heterocycles. The number of thioether (sulfide) groups is 1. The highest BCUT2D eigenvalue weighted by molar-refractivity contribution is 8.02. The fourth-order valence-corrected chi connectivity index (χ4v) is 4.26. The van der Waals surface area contributed by atoms with Gasteiger partial charge in [-0.05, 0) is 32.9 Å². The summed E-state index contributed by atoms with van der Waals surface area (Å²) in [5.74, 6) is 1.26. The van der Waals surface area contributed by atoms with Gasteiger partial charge in [0.1, 0.15) is 5.76 Å². The Labute approximate surface area is 142 Å². The molecule has 3 rings (SSSR count). The first kappa shape index (κ1) is 16.0. The van der Waals surface area contributed by atoms with Crippen LogP contribution >= 0.6 is 23.1 Å². The van der Waals surface area contributed by atoms with Gasteiger partial charge in [-0.3, -0.25) is 4.79 Å². The molecule has 3 aromatic rings. The lowest BCUT2D eigenvalue weighted by Gasteiger charge is -2.08. The zero-order valence-corrected chi connectivity index (χ0v) is 14.8. The lowest BCUT2D eigenvalue weighted by molar-refractivity contribution is -0.120.